The summed E-state index contributed by atoms with van der Waals surface area (Å²) < 4.78 is 7.37. The molecule has 0 saturated carbocycles. The summed E-state index contributed by atoms with van der Waals surface area (Å²) in [6, 6.07) is 7.95. The number of rotatable bonds is 2. The average molecular weight is 202 g/mol. The van der Waals surface area contributed by atoms with E-state index in [1.807, 2.05) is 38.4 Å². The molecule has 0 radical (unpaired) electrons. The summed E-state index contributed by atoms with van der Waals surface area (Å²) in [6.45, 7) is 4.10. The molecule has 1 aromatic carbocycles. The Kier molecular flexibility index (Phi) is 2.46. The predicted octanol–water partition coefficient (Wildman–Crippen LogP) is 2.83. The Hall–Kier alpha value is -1.77. The summed E-state index contributed by atoms with van der Waals surface area (Å²) in [5.74, 6) is 1.49. The number of hydrogen-bond donors (Lipinski definition) is 0. The van der Waals surface area contributed by atoms with E-state index in [1.165, 1.54) is 5.56 Å². The quantitative estimate of drug-likeness (QED) is 0.748. The molecule has 0 spiro atoms. The summed E-state index contributed by atoms with van der Waals surface area (Å²) in [5.41, 5.74) is 2.36. The number of hydrogen-bond acceptors (Lipinski definition) is 2. The van der Waals surface area contributed by atoms with Gasteiger partial charge in [-0.3, -0.25) is 4.68 Å². The van der Waals surface area contributed by atoms with Gasteiger partial charge in [-0.15, -0.1) is 5.10 Å². The molecule has 1 heterocycles. The lowest BCUT2D eigenvalue weighted by molar-refractivity contribution is 0.450. The van der Waals surface area contributed by atoms with Crippen molar-refractivity contribution in [3.63, 3.8) is 0 Å². The minimum absolute atomic E-state index is 0.629. The molecule has 0 amide bonds. The molecular weight excluding hydrogens is 188 g/mol. The van der Waals surface area contributed by atoms with Crippen LogP contribution in [0.25, 0.3) is 0 Å². The van der Waals surface area contributed by atoms with Crippen molar-refractivity contribution in [3.05, 3.63) is 41.6 Å². The van der Waals surface area contributed by atoms with Crippen molar-refractivity contribution in [2.45, 2.75) is 13.8 Å². The van der Waals surface area contributed by atoms with Gasteiger partial charge in [0.25, 0.3) is 0 Å². The van der Waals surface area contributed by atoms with E-state index in [-0.39, 0.29) is 0 Å². The van der Waals surface area contributed by atoms with Crippen molar-refractivity contribution >= 4 is 0 Å². The van der Waals surface area contributed by atoms with Gasteiger partial charge in [-0.1, -0.05) is 17.7 Å². The van der Waals surface area contributed by atoms with E-state index in [9.17, 15) is 0 Å². The minimum atomic E-state index is 0.629. The summed E-state index contributed by atoms with van der Waals surface area (Å²) in [4.78, 5) is 0. The first-order valence-electron chi connectivity index (χ1n) is 4.90. The Morgan fingerprint density at radius 1 is 1.20 bits per heavy atom. The second-order valence-electron chi connectivity index (χ2n) is 3.70. The van der Waals surface area contributed by atoms with Gasteiger partial charge in [0.2, 0.25) is 5.88 Å². The normalized spacial score (nSPS) is 10.3. The van der Waals surface area contributed by atoms with E-state index in [1.54, 1.807) is 4.68 Å². The van der Waals surface area contributed by atoms with Crippen LogP contribution in [0.2, 0.25) is 0 Å². The third-order valence-electron chi connectivity index (χ3n) is 2.23. The minimum Gasteiger partial charge on any atom is -0.437 e. The number of benzene rings is 1. The molecule has 78 valence electrons. The maximum Gasteiger partial charge on any atom is 0.238 e. The van der Waals surface area contributed by atoms with Crippen molar-refractivity contribution in [1.29, 1.82) is 0 Å². The van der Waals surface area contributed by atoms with E-state index in [4.69, 9.17) is 4.74 Å². The SMILES string of the molecule is Cc1ccc(Oc2ccn(C)n2)c(C)c1. The van der Waals surface area contributed by atoms with E-state index in [0.29, 0.717) is 5.88 Å². The van der Waals surface area contributed by atoms with Gasteiger partial charge in [0.05, 0.1) is 0 Å². The fraction of sp³-hybridized carbons (Fsp3) is 0.250. The topological polar surface area (TPSA) is 27.1 Å². The Bertz CT molecular complexity index is 474. The highest BCUT2D eigenvalue weighted by atomic mass is 16.5. The fourth-order valence-corrected chi connectivity index (χ4v) is 1.47. The maximum atomic E-state index is 5.65. The van der Waals surface area contributed by atoms with Crippen LogP contribution in [0, 0.1) is 13.8 Å². The van der Waals surface area contributed by atoms with Crippen LogP contribution in [0.1, 0.15) is 11.1 Å². The molecule has 0 saturated heterocycles. The molecule has 0 unspecified atom stereocenters. The number of aromatic nitrogens is 2. The highest BCUT2D eigenvalue weighted by Crippen LogP contribution is 2.23. The molecule has 0 fully saturated rings. The molecule has 0 aliphatic carbocycles. The van der Waals surface area contributed by atoms with Gasteiger partial charge in [-0.25, -0.2) is 0 Å². The molecular formula is C12H14N2O. The largest absolute Gasteiger partial charge is 0.437 e. The van der Waals surface area contributed by atoms with E-state index < -0.39 is 0 Å². The lowest BCUT2D eigenvalue weighted by Crippen LogP contribution is -1.91. The summed E-state index contributed by atoms with van der Waals surface area (Å²) in [7, 11) is 1.87. The molecule has 1 aromatic heterocycles. The summed E-state index contributed by atoms with van der Waals surface area (Å²) in [6.07, 6.45) is 1.86. The first kappa shape index (κ1) is 9.77. The van der Waals surface area contributed by atoms with Gasteiger partial charge in [0.15, 0.2) is 0 Å². The molecule has 3 nitrogen and oxygen atoms in total. The second-order valence-corrected chi connectivity index (χ2v) is 3.70. The summed E-state index contributed by atoms with van der Waals surface area (Å²) in [5, 5.41) is 4.16. The molecule has 0 aliphatic heterocycles. The maximum absolute atomic E-state index is 5.65. The van der Waals surface area contributed by atoms with E-state index in [2.05, 4.69) is 18.1 Å². The highest BCUT2D eigenvalue weighted by molar-refractivity contribution is 5.37. The van der Waals surface area contributed by atoms with Gasteiger partial charge >= 0.3 is 0 Å². The average Bonchev–Trinajstić information content (AvgIpc) is 2.56. The van der Waals surface area contributed by atoms with Crippen LogP contribution in [0.4, 0.5) is 0 Å². The van der Waals surface area contributed by atoms with Crippen molar-refractivity contribution in [3.8, 4) is 11.6 Å². The smallest absolute Gasteiger partial charge is 0.238 e. The third-order valence-corrected chi connectivity index (χ3v) is 2.23. The molecule has 0 aliphatic rings. The fourth-order valence-electron chi connectivity index (χ4n) is 1.47. The lowest BCUT2D eigenvalue weighted by Gasteiger charge is -2.06. The Morgan fingerprint density at radius 3 is 2.60 bits per heavy atom. The second kappa shape index (κ2) is 3.77. The van der Waals surface area contributed by atoms with Gasteiger partial charge in [-0.2, -0.15) is 0 Å². The lowest BCUT2D eigenvalue weighted by atomic mass is 10.1. The van der Waals surface area contributed by atoms with Crippen molar-refractivity contribution < 1.29 is 4.74 Å². The van der Waals surface area contributed by atoms with Crippen LogP contribution in [0.15, 0.2) is 30.5 Å². The molecule has 0 N–H and O–H groups in total. The van der Waals surface area contributed by atoms with Crippen LogP contribution in [-0.4, -0.2) is 9.78 Å². The Balaban J connectivity index is 2.24. The van der Waals surface area contributed by atoms with Crippen molar-refractivity contribution in [2.24, 2.45) is 7.05 Å². The molecule has 0 bridgehead atoms. The zero-order chi connectivity index (χ0) is 10.8. The third kappa shape index (κ3) is 2.18. The first-order chi connectivity index (χ1) is 7.15. The zero-order valence-corrected chi connectivity index (χ0v) is 9.19. The molecule has 15 heavy (non-hydrogen) atoms. The standard InChI is InChI=1S/C12H14N2O/c1-9-4-5-11(10(2)8-9)15-12-6-7-14(3)13-12/h4-8H,1-3H3. The van der Waals surface area contributed by atoms with Gasteiger partial charge in [0.1, 0.15) is 5.75 Å². The molecule has 3 heteroatoms. The van der Waals surface area contributed by atoms with Crippen molar-refractivity contribution in [1.82, 2.24) is 9.78 Å². The zero-order valence-electron chi connectivity index (χ0n) is 9.19. The first-order valence-corrected chi connectivity index (χ1v) is 4.90. The molecule has 2 aromatic rings. The number of nitrogens with zero attached hydrogens (tertiary/aromatic N) is 2. The van der Waals surface area contributed by atoms with E-state index in [0.717, 1.165) is 11.3 Å². The van der Waals surface area contributed by atoms with Crippen LogP contribution < -0.4 is 4.74 Å². The number of ether oxygens (including phenoxy) is 1. The predicted molar refractivity (Wildman–Crippen MR) is 59.2 cm³/mol. The van der Waals surface area contributed by atoms with Gasteiger partial charge in [-0.05, 0) is 25.5 Å². The van der Waals surface area contributed by atoms with E-state index >= 15 is 0 Å². The van der Waals surface area contributed by atoms with Crippen molar-refractivity contribution in [2.75, 3.05) is 0 Å². The molecule has 0 atom stereocenters. The van der Waals surface area contributed by atoms with Crippen LogP contribution in [0.5, 0.6) is 11.6 Å². The Morgan fingerprint density at radius 2 is 2.00 bits per heavy atom. The van der Waals surface area contributed by atoms with Crippen LogP contribution in [-0.2, 0) is 7.05 Å². The molecule has 2 rings (SSSR count). The van der Waals surface area contributed by atoms with Crippen LogP contribution in [0.3, 0.4) is 0 Å². The van der Waals surface area contributed by atoms with Gasteiger partial charge < -0.3 is 4.74 Å². The van der Waals surface area contributed by atoms with Gasteiger partial charge in [0, 0.05) is 19.3 Å². The monoisotopic (exact) mass is 202 g/mol. The summed E-state index contributed by atoms with van der Waals surface area (Å²) >= 11 is 0. The Labute approximate surface area is 89.3 Å². The highest BCUT2D eigenvalue weighted by Gasteiger charge is 2.03. The number of aryl methyl sites for hydroxylation is 3. The van der Waals surface area contributed by atoms with Crippen LogP contribution >= 0.6 is 0 Å².